The van der Waals surface area contributed by atoms with Crippen LogP contribution in [0.25, 0.3) is 0 Å². The lowest BCUT2D eigenvalue weighted by molar-refractivity contribution is 0.513. The number of hydrogen-bond donors (Lipinski definition) is 2. The molecule has 0 radical (unpaired) electrons. The normalized spacial score (nSPS) is 13.4. The number of nitrogens with one attached hydrogen (secondary N) is 1. The maximum atomic E-state index is 13.5. The number of nitrogen functional groups attached to an aromatic ring is 1. The smallest absolute Gasteiger partial charge is 0.123 e. The van der Waals surface area contributed by atoms with Gasteiger partial charge in [-0.25, -0.2) is 4.39 Å². The molecule has 24 heavy (non-hydrogen) atoms. The van der Waals surface area contributed by atoms with Gasteiger partial charge in [0.05, 0.1) is 6.04 Å². The minimum Gasteiger partial charge on any atom is -0.399 e. The average Bonchev–Trinajstić information content (AvgIpc) is 2.60. The molecule has 3 N–H and O–H groups in total. The lowest BCUT2D eigenvalue weighted by Crippen LogP contribution is -2.25. The van der Waals surface area contributed by atoms with Gasteiger partial charge in [-0.15, -0.1) is 0 Å². The third kappa shape index (κ3) is 3.81. The van der Waals surface area contributed by atoms with Gasteiger partial charge in [0.2, 0.25) is 0 Å². The molecule has 0 saturated carbocycles. The highest BCUT2D eigenvalue weighted by molar-refractivity contribution is 5.44. The Bertz CT molecular complexity index is 802. The summed E-state index contributed by atoms with van der Waals surface area (Å²) in [6.07, 6.45) is 0. The number of benzene rings is 3. The van der Waals surface area contributed by atoms with Gasteiger partial charge in [-0.1, -0.05) is 54.6 Å². The molecule has 0 aliphatic heterocycles. The summed E-state index contributed by atoms with van der Waals surface area (Å²) in [7, 11) is 0. The van der Waals surface area contributed by atoms with Gasteiger partial charge >= 0.3 is 0 Å². The Morgan fingerprint density at radius 1 is 0.792 bits per heavy atom. The molecule has 0 bridgehead atoms. The summed E-state index contributed by atoms with van der Waals surface area (Å²) < 4.78 is 13.5. The predicted octanol–water partition coefficient (Wildman–Crippen LogP) is 4.85. The molecule has 0 aliphatic rings. The van der Waals surface area contributed by atoms with Crippen LogP contribution in [0.2, 0.25) is 0 Å². The second-order valence-electron chi connectivity index (χ2n) is 5.96. The van der Waals surface area contributed by atoms with Crippen LogP contribution < -0.4 is 11.1 Å². The van der Waals surface area contributed by atoms with Crippen LogP contribution in [0.15, 0.2) is 78.9 Å². The maximum absolute atomic E-state index is 13.5. The number of anilines is 1. The zero-order valence-corrected chi connectivity index (χ0v) is 13.6. The van der Waals surface area contributed by atoms with Crippen LogP contribution in [-0.2, 0) is 0 Å². The summed E-state index contributed by atoms with van der Waals surface area (Å²) in [6, 6.07) is 24.7. The number of nitrogens with two attached hydrogens (primary N) is 1. The Hall–Kier alpha value is -2.65. The molecular formula is C21H21FN2. The van der Waals surface area contributed by atoms with Gasteiger partial charge in [0.15, 0.2) is 0 Å². The van der Waals surface area contributed by atoms with Gasteiger partial charge in [0.1, 0.15) is 5.82 Å². The van der Waals surface area contributed by atoms with E-state index < -0.39 is 0 Å². The van der Waals surface area contributed by atoms with Gasteiger partial charge in [-0.2, -0.15) is 0 Å². The summed E-state index contributed by atoms with van der Waals surface area (Å²) in [5.74, 6) is -0.221. The minimum absolute atomic E-state index is 0.00710. The third-order valence-corrected chi connectivity index (χ3v) is 4.14. The molecule has 3 heteroatoms. The summed E-state index contributed by atoms with van der Waals surface area (Å²) >= 11 is 0. The summed E-state index contributed by atoms with van der Waals surface area (Å²) in [6.45, 7) is 2.04. The molecule has 0 amide bonds. The fourth-order valence-electron chi connectivity index (χ4n) is 2.89. The van der Waals surface area contributed by atoms with Crippen molar-refractivity contribution in [3.05, 3.63) is 101 Å². The van der Waals surface area contributed by atoms with Gasteiger partial charge < -0.3 is 5.73 Å². The van der Waals surface area contributed by atoms with E-state index in [0.29, 0.717) is 0 Å². The van der Waals surface area contributed by atoms with Gasteiger partial charge in [-0.3, -0.25) is 5.32 Å². The molecule has 0 fully saturated rings. The highest BCUT2D eigenvalue weighted by Gasteiger charge is 2.17. The van der Waals surface area contributed by atoms with E-state index in [-0.39, 0.29) is 17.9 Å². The highest BCUT2D eigenvalue weighted by atomic mass is 19.1. The third-order valence-electron chi connectivity index (χ3n) is 4.14. The molecule has 122 valence electrons. The molecule has 3 rings (SSSR count). The van der Waals surface area contributed by atoms with Crippen molar-refractivity contribution in [2.24, 2.45) is 0 Å². The first-order valence-corrected chi connectivity index (χ1v) is 8.05. The average molecular weight is 320 g/mol. The second-order valence-corrected chi connectivity index (χ2v) is 5.96. The van der Waals surface area contributed by atoms with E-state index in [9.17, 15) is 4.39 Å². The van der Waals surface area contributed by atoms with Crippen molar-refractivity contribution < 1.29 is 4.39 Å². The fourth-order valence-corrected chi connectivity index (χ4v) is 2.89. The number of rotatable bonds is 5. The second kappa shape index (κ2) is 7.28. The van der Waals surface area contributed by atoms with Crippen molar-refractivity contribution in [2.45, 2.75) is 19.0 Å². The summed E-state index contributed by atoms with van der Waals surface area (Å²) in [5.41, 5.74) is 9.84. The van der Waals surface area contributed by atoms with Crippen molar-refractivity contribution >= 4 is 5.69 Å². The van der Waals surface area contributed by atoms with E-state index in [4.69, 9.17) is 5.73 Å². The molecule has 0 aromatic heterocycles. The van der Waals surface area contributed by atoms with Crippen molar-refractivity contribution in [3.63, 3.8) is 0 Å². The van der Waals surface area contributed by atoms with Crippen molar-refractivity contribution in [3.8, 4) is 0 Å². The predicted molar refractivity (Wildman–Crippen MR) is 97.1 cm³/mol. The Morgan fingerprint density at radius 3 is 2.17 bits per heavy atom. The standard InChI is InChI=1S/C21H21FN2/c1-15(17-9-5-11-19(22)13-17)24-21(16-7-3-2-4-8-16)18-10-6-12-20(23)14-18/h2-15,21,24H,23H2,1H3/t15-,21?/m1/s1. The van der Waals surface area contributed by atoms with E-state index in [0.717, 1.165) is 22.4 Å². The lowest BCUT2D eigenvalue weighted by atomic mass is 9.96. The molecule has 0 heterocycles. The van der Waals surface area contributed by atoms with Crippen molar-refractivity contribution in [2.75, 3.05) is 5.73 Å². The molecular weight excluding hydrogens is 299 g/mol. The van der Waals surface area contributed by atoms with Gasteiger partial charge in [-0.05, 0) is 47.9 Å². The SMILES string of the molecule is C[C@@H](NC(c1ccccc1)c1cccc(N)c1)c1cccc(F)c1. The quantitative estimate of drug-likeness (QED) is 0.660. The minimum atomic E-state index is -0.221. The zero-order chi connectivity index (χ0) is 16.9. The molecule has 2 atom stereocenters. The zero-order valence-electron chi connectivity index (χ0n) is 13.6. The topological polar surface area (TPSA) is 38.0 Å². The molecule has 3 aromatic rings. The largest absolute Gasteiger partial charge is 0.399 e. The monoisotopic (exact) mass is 320 g/mol. The lowest BCUT2D eigenvalue weighted by Gasteiger charge is -2.25. The number of halogens is 1. The Morgan fingerprint density at radius 2 is 1.46 bits per heavy atom. The van der Waals surface area contributed by atoms with Crippen LogP contribution in [0.1, 0.15) is 35.7 Å². The van der Waals surface area contributed by atoms with Crippen LogP contribution in [0.3, 0.4) is 0 Å². The Labute approximate surface area is 142 Å². The fraction of sp³-hybridized carbons (Fsp3) is 0.143. The highest BCUT2D eigenvalue weighted by Crippen LogP contribution is 2.27. The summed E-state index contributed by atoms with van der Waals surface area (Å²) in [4.78, 5) is 0. The van der Waals surface area contributed by atoms with E-state index in [1.165, 1.54) is 6.07 Å². The van der Waals surface area contributed by atoms with Crippen LogP contribution in [-0.4, -0.2) is 0 Å². The molecule has 1 unspecified atom stereocenters. The molecule has 0 saturated heterocycles. The molecule has 0 spiro atoms. The van der Waals surface area contributed by atoms with Crippen LogP contribution in [0.5, 0.6) is 0 Å². The van der Waals surface area contributed by atoms with Crippen LogP contribution in [0, 0.1) is 5.82 Å². The van der Waals surface area contributed by atoms with Gasteiger partial charge in [0, 0.05) is 11.7 Å². The first-order chi connectivity index (χ1) is 11.6. The summed E-state index contributed by atoms with van der Waals surface area (Å²) in [5, 5.41) is 3.60. The molecule has 3 aromatic carbocycles. The Kier molecular flexibility index (Phi) is 4.92. The van der Waals surface area contributed by atoms with Crippen LogP contribution in [0.4, 0.5) is 10.1 Å². The van der Waals surface area contributed by atoms with E-state index in [2.05, 4.69) is 23.5 Å². The first-order valence-electron chi connectivity index (χ1n) is 8.05. The molecule has 0 aliphatic carbocycles. The number of hydrogen-bond acceptors (Lipinski definition) is 2. The van der Waals surface area contributed by atoms with Crippen molar-refractivity contribution in [1.29, 1.82) is 0 Å². The Balaban J connectivity index is 1.93. The molecule has 2 nitrogen and oxygen atoms in total. The van der Waals surface area contributed by atoms with E-state index in [1.54, 1.807) is 12.1 Å². The van der Waals surface area contributed by atoms with E-state index in [1.807, 2.05) is 49.4 Å². The van der Waals surface area contributed by atoms with Crippen LogP contribution >= 0.6 is 0 Å². The first kappa shape index (κ1) is 16.2. The maximum Gasteiger partial charge on any atom is 0.123 e. The van der Waals surface area contributed by atoms with E-state index >= 15 is 0 Å². The van der Waals surface area contributed by atoms with Crippen molar-refractivity contribution in [1.82, 2.24) is 5.32 Å². The van der Waals surface area contributed by atoms with Gasteiger partial charge in [0.25, 0.3) is 0 Å².